The highest BCUT2D eigenvalue weighted by Gasteiger charge is 2.07. The summed E-state index contributed by atoms with van der Waals surface area (Å²) in [6.07, 6.45) is 6.69. The highest BCUT2D eigenvalue weighted by molar-refractivity contribution is 5.82. The molecule has 0 saturated carbocycles. The number of fused-ring (bicyclic) bond motifs is 1. The second-order valence-corrected chi connectivity index (χ2v) is 5.86. The third-order valence-corrected chi connectivity index (χ3v) is 3.89. The summed E-state index contributed by atoms with van der Waals surface area (Å²) < 4.78 is 9.01. The molecular weight excluding hydrogens is 332 g/mol. The van der Waals surface area contributed by atoms with Crippen molar-refractivity contribution in [2.24, 2.45) is 7.05 Å². The summed E-state index contributed by atoms with van der Waals surface area (Å²) in [6, 6.07) is 8.76. The van der Waals surface area contributed by atoms with Gasteiger partial charge in [0.1, 0.15) is 23.7 Å². The number of nitrogens with zero attached hydrogens (tertiary/aromatic N) is 5. The van der Waals surface area contributed by atoms with Crippen LogP contribution in [0.25, 0.3) is 16.6 Å². The largest absolute Gasteiger partial charge is 0.487 e. The van der Waals surface area contributed by atoms with Crippen molar-refractivity contribution < 1.29 is 4.74 Å². The van der Waals surface area contributed by atoms with E-state index in [-0.39, 0.29) is 12.0 Å². The zero-order valence-corrected chi connectivity index (χ0v) is 14.0. The number of benzene rings is 1. The molecule has 0 radical (unpaired) electrons. The fourth-order valence-electron chi connectivity index (χ4n) is 2.59. The molecule has 0 aliphatic carbocycles. The predicted molar refractivity (Wildman–Crippen MR) is 97.1 cm³/mol. The SMILES string of the molecule is Cn1cc(-n2ccc(=O)c(COc3ccc4ncc(N)cc4c3)n2)cn1. The Morgan fingerprint density at radius 3 is 2.88 bits per heavy atom. The molecule has 0 fully saturated rings. The van der Waals surface area contributed by atoms with Gasteiger partial charge in [0.25, 0.3) is 0 Å². The minimum atomic E-state index is -0.183. The van der Waals surface area contributed by atoms with Gasteiger partial charge in [0.05, 0.1) is 29.8 Å². The van der Waals surface area contributed by atoms with Crippen molar-refractivity contribution in [1.29, 1.82) is 0 Å². The van der Waals surface area contributed by atoms with Gasteiger partial charge in [-0.05, 0) is 24.3 Å². The van der Waals surface area contributed by atoms with Gasteiger partial charge in [0.15, 0.2) is 0 Å². The van der Waals surface area contributed by atoms with Crippen molar-refractivity contribution >= 4 is 16.6 Å². The van der Waals surface area contributed by atoms with E-state index in [0.29, 0.717) is 17.1 Å². The van der Waals surface area contributed by atoms with E-state index in [1.54, 1.807) is 34.0 Å². The van der Waals surface area contributed by atoms with E-state index in [2.05, 4.69) is 15.2 Å². The van der Waals surface area contributed by atoms with Gasteiger partial charge in [-0.2, -0.15) is 10.2 Å². The molecule has 0 unspecified atom stereocenters. The summed E-state index contributed by atoms with van der Waals surface area (Å²) >= 11 is 0. The summed E-state index contributed by atoms with van der Waals surface area (Å²) in [6.45, 7) is 0.0567. The first kappa shape index (κ1) is 15.8. The third kappa shape index (κ3) is 3.12. The number of pyridine rings is 1. The topological polar surface area (TPSA) is 101 Å². The number of aryl methyl sites for hydroxylation is 1. The average molecular weight is 348 g/mol. The van der Waals surface area contributed by atoms with Crippen LogP contribution in [0.2, 0.25) is 0 Å². The molecule has 3 heterocycles. The predicted octanol–water partition coefficient (Wildman–Crippen LogP) is 1.68. The molecule has 4 rings (SSSR count). The normalized spacial score (nSPS) is 11.0. The molecule has 0 amide bonds. The van der Waals surface area contributed by atoms with Gasteiger partial charge >= 0.3 is 0 Å². The number of anilines is 1. The second-order valence-electron chi connectivity index (χ2n) is 5.86. The van der Waals surface area contributed by atoms with Gasteiger partial charge in [0.2, 0.25) is 5.43 Å². The lowest BCUT2D eigenvalue weighted by Crippen LogP contribution is -2.17. The van der Waals surface area contributed by atoms with Crippen LogP contribution in [0.4, 0.5) is 5.69 Å². The summed E-state index contributed by atoms with van der Waals surface area (Å²) in [5, 5.41) is 9.32. The van der Waals surface area contributed by atoms with Crippen LogP contribution in [-0.4, -0.2) is 24.5 Å². The van der Waals surface area contributed by atoms with Gasteiger partial charge in [-0.3, -0.25) is 14.5 Å². The number of nitrogen functional groups attached to an aromatic ring is 1. The van der Waals surface area contributed by atoms with Gasteiger partial charge in [-0.15, -0.1) is 0 Å². The fraction of sp³-hybridized carbons (Fsp3) is 0.111. The maximum atomic E-state index is 12.1. The highest BCUT2D eigenvalue weighted by Crippen LogP contribution is 2.21. The molecule has 1 aromatic carbocycles. The van der Waals surface area contributed by atoms with E-state index < -0.39 is 0 Å². The Labute approximate surface area is 148 Å². The van der Waals surface area contributed by atoms with Crippen LogP contribution in [-0.2, 0) is 13.7 Å². The Kier molecular flexibility index (Phi) is 3.85. The van der Waals surface area contributed by atoms with Crippen LogP contribution >= 0.6 is 0 Å². The molecule has 0 bridgehead atoms. The van der Waals surface area contributed by atoms with E-state index in [4.69, 9.17) is 10.5 Å². The molecule has 26 heavy (non-hydrogen) atoms. The maximum Gasteiger partial charge on any atom is 0.206 e. The van der Waals surface area contributed by atoms with Gasteiger partial charge < -0.3 is 10.5 Å². The third-order valence-electron chi connectivity index (χ3n) is 3.89. The van der Waals surface area contributed by atoms with Crippen LogP contribution < -0.4 is 15.9 Å². The van der Waals surface area contributed by atoms with E-state index in [1.807, 2.05) is 31.4 Å². The first-order chi connectivity index (χ1) is 12.6. The molecule has 0 atom stereocenters. The lowest BCUT2D eigenvalue weighted by Gasteiger charge is -2.08. The summed E-state index contributed by atoms with van der Waals surface area (Å²) in [4.78, 5) is 16.3. The van der Waals surface area contributed by atoms with Crippen molar-refractivity contribution in [2.75, 3.05) is 5.73 Å². The van der Waals surface area contributed by atoms with Crippen LogP contribution in [0, 0.1) is 0 Å². The molecule has 0 spiro atoms. The lowest BCUT2D eigenvalue weighted by molar-refractivity contribution is 0.298. The Morgan fingerprint density at radius 1 is 1.19 bits per heavy atom. The monoisotopic (exact) mass is 348 g/mol. The zero-order chi connectivity index (χ0) is 18.1. The fourth-order valence-corrected chi connectivity index (χ4v) is 2.59. The Balaban J connectivity index is 1.58. The quantitative estimate of drug-likeness (QED) is 0.602. The minimum Gasteiger partial charge on any atom is -0.487 e. The smallest absolute Gasteiger partial charge is 0.206 e. The number of hydrogen-bond donors (Lipinski definition) is 1. The van der Waals surface area contributed by atoms with Crippen LogP contribution in [0.1, 0.15) is 5.69 Å². The first-order valence-corrected chi connectivity index (χ1v) is 7.94. The zero-order valence-electron chi connectivity index (χ0n) is 14.0. The molecule has 8 heteroatoms. The van der Waals surface area contributed by atoms with Gasteiger partial charge in [-0.1, -0.05) is 0 Å². The minimum absolute atomic E-state index is 0.0567. The van der Waals surface area contributed by atoms with Crippen molar-refractivity contribution in [2.45, 2.75) is 6.61 Å². The average Bonchev–Trinajstić information content (AvgIpc) is 3.07. The first-order valence-electron chi connectivity index (χ1n) is 7.94. The Morgan fingerprint density at radius 2 is 2.08 bits per heavy atom. The molecule has 4 aromatic rings. The molecule has 2 N–H and O–H groups in total. The summed E-state index contributed by atoms with van der Waals surface area (Å²) in [5.74, 6) is 0.614. The van der Waals surface area contributed by atoms with Crippen LogP contribution in [0.15, 0.2) is 59.9 Å². The Bertz CT molecular complexity index is 1150. The molecule has 0 aliphatic rings. The number of rotatable bonds is 4. The highest BCUT2D eigenvalue weighted by atomic mass is 16.5. The van der Waals surface area contributed by atoms with Crippen molar-refractivity contribution in [3.05, 3.63) is 71.0 Å². The van der Waals surface area contributed by atoms with E-state index in [0.717, 1.165) is 16.6 Å². The van der Waals surface area contributed by atoms with E-state index in [9.17, 15) is 4.79 Å². The van der Waals surface area contributed by atoms with Crippen LogP contribution in [0.3, 0.4) is 0 Å². The summed E-state index contributed by atoms with van der Waals surface area (Å²) in [7, 11) is 1.82. The van der Waals surface area contributed by atoms with E-state index >= 15 is 0 Å². The standard InChI is InChI=1S/C18H16N6O2/c1-23-10-14(9-21-23)24-5-4-18(25)17(22-24)11-26-15-2-3-16-12(7-15)6-13(19)8-20-16/h2-10H,11,19H2,1H3. The number of hydrogen-bond acceptors (Lipinski definition) is 6. The molecule has 8 nitrogen and oxygen atoms in total. The molecular formula is C18H16N6O2. The number of nitrogens with two attached hydrogens (primary N) is 1. The van der Waals surface area contributed by atoms with Gasteiger partial charge in [-0.25, -0.2) is 4.68 Å². The molecule has 0 saturated heterocycles. The Hall–Kier alpha value is -3.68. The van der Waals surface area contributed by atoms with Crippen molar-refractivity contribution in [3.63, 3.8) is 0 Å². The van der Waals surface area contributed by atoms with Crippen molar-refractivity contribution in [3.8, 4) is 11.4 Å². The molecule has 3 aromatic heterocycles. The maximum absolute atomic E-state index is 12.1. The summed E-state index contributed by atoms with van der Waals surface area (Å²) in [5.41, 5.74) is 8.06. The molecule has 0 aliphatic heterocycles. The van der Waals surface area contributed by atoms with Gasteiger partial charge in [0, 0.05) is 24.7 Å². The van der Waals surface area contributed by atoms with Crippen LogP contribution in [0.5, 0.6) is 5.75 Å². The second kappa shape index (κ2) is 6.32. The van der Waals surface area contributed by atoms with Crippen molar-refractivity contribution in [1.82, 2.24) is 24.5 Å². The number of ether oxygens (including phenoxy) is 1. The number of aromatic nitrogens is 5. The lowest BCUT2D eigenvalue weighted by atomic mass is 10.2. The van der Waals surface area contributed by atoms with E-state index in [1.165, 1.54) is 6.07 Å². The molecule has 130 valence electrons.